The number of carboxylic acids is 1. The predicted octanol–water partition coefficient (Wildman–Crippen LogP) is 0.656. The first-order valence-corrected chi connectivity index (χ1v) is 9.59. The number of nitrogens with one attached hydrogen (secondary N) is 1. The number of fused-ring (bicyclic) bond motifs is 1. The molecule has 0 aliphatic carbocycles. The zero-order valence-electron chi connectivity index (χ0n) is 15.4. The number of esters is 1. The lowest BCUT2D eigenvalue weighted by Gasteiger charge is -2.56. The van der Waals surface area contributed by atoms with Crippen LogP contribution in [-0.2, 0) is 35.1 Å². The van der Waals surface area contributed by atoms with E-state index in [1.807, 2.05) is 11.4 Å². The molecule has 2 aliphatic rings. The van der Waals surface area contributed by atoms with Gasteiger partial charge in [0.15, 0.2) is 0 Å². The Morgan fingerprint density at radius 3 is 2.75 bits per heavy atom. The maximum absolute atomic E-state index is 12.9. The zero-order chi connectivity index (χ0) is 20.5. The fraction of sp³-hybridized carbons (Fsp3) is 0.444. The smallest absolute Gasteiger partial charge is 0.353 e. The van der Waals surface area contributed by atoms with Crippen LogP contribution in [0.5, 0.6) is 0 Å². The van der Waals surface area contributed by atoms with Crippen LogP contribution >= 0.6 is 11.3 Å². The van der Waals surface area contributed by atoms with Crippen LogP contribution in [0.3, 0.4) is 0 Å². The fourth-order valence-corrected chi connectivity index (χ4v) is 4.30. The van der Waals surface area contributed by atoms with E-state index in [1.165, 1.54) is 18.4 Å². The van der Waals surface area contributed by atoms with Crippen molar-refractivity contribution < 1.29 is 33.8 Å². The molecular formula is C18H20N2O7S. The highest BCUT2D eigenvalue weighted by molar-refractivity contribution is 7.10. The quantitative estimate of drug-likeness (QED) is 0.386. The molecule has 2 amide bonds. The maximum atomic E-state index is 12.9. The van der Waals surface area contributed by atoms with E-state index in [1.54, 1.807) is 13.0 Å². The number of ether oxygens (including phenoxy) is 2. The van der Waals surface area contributed by atoms with Crippen molar-refractivity contribution in [2.75, 3.05) is 13.7 Å². The molecule has 28 heavy (non-hydrogen) atoms. The van der Waals surface area contributed by atoms with Crippen molar-refractivity contribution in [2.24, 2.45) is 0 Å². The number of aliphatic carboxylic acids is 1. The first kappa shape index (κ1) is 20.0. The van der Waals surface area contributed by atoms with Crippen LogP contribution in [0.2, 0.25) is 0 Å². The minimum Gasteiger partial charge on any atom is -0.477 e. The van der Waals surface area contributed by atoms with Gasteiger partial charge in [0.25, 0.3) is 5.91 Å². The molecular weight excluding hydrogens is 388 g/mol. The van der Waals surface area contributed by atoms with Gasteiger partial charge >= 0.3 is 11.9 Å². The largest absolute Gasteiger partial charge is 0.477 e. The van der Waals surface area contributed by atoms with Crippen molar-refractivity contribution in [2.45, 2.75) is 38.0 Å². The van der Waals surface area contributed by atoms with E-state index >= 15 is 0 Å². The minimum atomic E-state index is -1.64. The Balaban J connectivity index is 1.85. The predicted molar refractivity (Wildman–Crippen MR) is 97.1 cm³/mol. The monoisotopic (exact) mass is 408 g/mol. The number of thiophene rings is 1. The van der Waals surface area contributed by atoms with Crippen LogP contribution in [0.4, 0.5) is 0 Å². The SMILES string of the molecule is CCOC(=O)C1=C(C(=O)O)N2C(=O)[C@](NC(=O)Cc3cccs3)(OC)[C@H]2CC1. The van der Waals surface area contributed by atoms with E-state index < -0.39 is 41.2 Å². The summed E-state index contributed by atoms with van der Waals surface area (Å²) < 4.78 is 10.3. The number of amides is 2. The van der Waals surface area contributed by atoms with Crippen molar-refractivity contribution in [1.29, 1.82) is 0 Å². The van der Waals surface area contributed by atoms with Gasteiger partial charge in [-0.2, -0.15) is 0 Å². The van der Waals surface area contributed by atoms with Crippen LogP contribution in [0, 0.1) is 0 Å². The molecule has 2 atom stereocenters. The van der Waals surface area contributed by atoms with Gasteiger partial charge in [0.1, 0.15) is 5.70 Å². The Hall–Kier alpha value is -2.72. The summed E-state index contributed by atoms with van der Waals surface area (Å²) >= 11 is 1.41. The number of nitrogens with zero attached hydrogens (tertiary/aromatic N) is 1. The molecule has 2 N–H and O–H groups in total. The van der Waals surface area contributed by atoms with E-state index in [2.05, 4.69) is 5.32 Å². The second-order valence-electron chi connectivity index (χ2n) is 6.33. The Morgan fingerprint density at radius 1 is 1.43 bits per heavy atom. The third-order valence-electron chi connectivity index (χ3n) is 4.80. The molecule has 9 nitrogen and oxygen atoms in total. The molecule has 0 bridgehead atoms. The normalized spacial score (nSPS) is 23.7. The molecule has 1 fully saturated rings. The van der Waals surface area contributed by atoms with Gasteiger partial charge in [-0.1, -0.05) is 6.07 Å². The van der Waals surface area contributed by atoms with Crippen LogP contribution in [0.15, 0.2) is 28.8 Å². The highest BCUT2D eigenvalue weighted by atomic mass is 32.1. The molecule has 10 heteroatoms. The summed E-state index contributed by atoms with van der Waals surface area (Å²) in [6.07, 6.45) is 0.434. The van der Waals surface area contributed by atoms with Crippen molar-refractivity contribution >= 4 is 35.1 Å². The van der Waals surface area contributed by atoms with Gasteiger partial charge in [0.05, 0.1) is 24.6 Å². The molecule has 150 valence electrons. The number of carbonyl (C=O) groups is 4. The minimum absolute atomic E-state index is 0.0615. The topological polar surface area (TPSA) is 122 Å². The molecule has 0 saturated carbocycles. The summed E-state index contributed by atoms with van der Waals surface area (Å²) in [6.45, 7) is 1.70. The standard InChI is InChI=1S/C18H20N2O7S/c1-3-27-16(24)11-6-7-12-18(26-2,17(25)20(12)14(11)15(22)23)19-13(21)9-10-5-4-8-28-10/h4-5,8,12H,3,6-7,9H2,1-2H3,(H,19,21)(H,22,23)/t12-,18-/m1/s1. The summed E-state index contributed by atoms with van der Waals surface area (Å²) in [5, 5.41) is 14.0. The summed E-state index contributed by atoms with van der Waals surface area (Å²) in [5.41, 5.74) is -2.12. The first-order valence-electron chi connectivity index (χ1n) is 8.71. The van der Waals surface area contributed by atoms with E-state index in [0.717, 1.165) is 9.78 Å². The molecule has 0 spiro atoms. The molecule has 1 aromatic rings. The molecule has 1 saturated heterocycles. The first-order chi connectivity index (χ1) is 13.4. The zero-order valence-corrected chi connectivity index (χ0v) is 16.2. The van der Waals surface area contributed by atoms with Crippen LogP contribution in [-0.4, -0.2) is 59.2 Å². The molecule has 0 radical (unpaired) electrons. The van der Waals surface area contributed by atoms with E-state index in [0.29, 0.717) is 0 Å². The Labute approximate surface area is 164 Å². The van der Waals surface area contributed by atoms with Gasteiger partial charge in [-0.25, -0.2) is 9.59 Å². The second kappa shape index (κ2) is 7.72. The average Bonchev–Trinajstić information content (AvgIpc) is 3.17. The molecule has 1 aromatic heterocycles. The molecule has 0 aromatic carbocycles. The van der Waals surface area contributed by atoms with Crippen molar-refractivity contribution in [1.82, 2.24) is 10.2 Å². The van der Waals surface area contributed by atoms with Crippen molar-refractivity contribution in [3.05, 3.63) is 33.7 Å². The highest BCUT2D eigenvalue weighted by Gasteiger charge is 2.66. The number of carboxylic acid groups (broad SMARTS) is 1. The average molecular weight is 408 g/mol. The van der Waals surface area contributed by atoms with Gasteiger partial charge < -0.3 is 19.9 Å². The van der Waals surface area contributed by atoms with E-state index in [4.69, 9.17) is 9.47 Å². The van der Waals surface area contributed by atoms with Gasteiger partial charge in [0, 0.05) is 12.0 Å². The van der Waals surface area contributed by atoms with Crippen LogP contribution in [0.1, 0.15) is 24.6 Å². The van der Waals surface area contributed by atoms with Crippen LogP contribution in [0.25, 0.3) is 0 Å². The molecule has 0 unspecified atom stereocenters. The third kappa shape index (κ3) is 3.18. The second-order valence-corrected chi connectivity index (χ2v) is 7.36. The van der Waals surface area contributed by atoms with Crippen molar-refractivity contribution in [3.8, 4) is 0 Å². The van der Waals surface area contributed by atoms with E-state index in [-0.39, 0.29) is 31.4 Å². The number of carbonyl (C=O) groups excluding carboxylic acids is 3. The number of rotatable bonds is 7. The van der Waals surface area contributed by atoms with Gasteiger partial charge in [0.2, 0.25) is 11.6 Å². The number of hydrogen-bond acceptors (Lipinski definition) is 7. The Morgan fingerprint density at radius 2 is 2.18 bits per heavy atom. The lowest BCUT2D eigenvalue weighted by Crippen LogP contribution is -2.81. The lowest BCUT2D eigenvalue weighted by atomic mass is 9.80. The number of hydrogen-bond donors (Lipinski definition) is 2. The fourth-order valence-electron chi connectivity index (χ4n) is 3.60. The lowest BCUT2D eigenvalue weighted by molar-refractivity contribution is -0.206. The maximum Gasteiger partial charge on any atom is 0.353 e. The van der Waals surface area contributed by atoms with Crippen LogP contribution < -0.4 is 5.32 Å². The van der Waals surface area contributed by atoms with Gasteiger partial charge in [-0.3, -0.25) is 14.5 Å². The van der Waals surface area contributed by atoms with Gasteiger partial charge in [-0.05, 0) is 31.2 Å². The molecule has 3 heterocycles. The number of methoxy groups -OCH3 is 1. The molecule has 2 aliphatic heterocycles. The summed E-state index contributed by atoms with van der Waals surface area (Å²) in [5.74, 6) is -3.30. The van der Waals surface area contributed by atoms with Crippen molar-refractivity contribution in [3.63, 3.8) is 0 Å². The number of β-lactam (4-membered cyclic amide) rings is 1. The Kier molecular flexibility index (Phi) is 5.52. The van der Waals surface area contributed by atoms with Gasteiger partial charge in [-0.15, -0.1) is 11.3 Å². The third-order valence-corrected chi connectivity index (χ3v) is 5.67. The summed E-state index contributed by atoms with van der Waals surface area (Å²) in [7, 11) is 1.28. The highest BCUT2D eigenvalue weighted by Crippen LogP contribution is 2.43. The van der Waals surface area contributed by atoms with E-state index in [9.17, 15) is 24.3 Å². The summed E-state index contributed by atoms with van der Waals surface area (Å²) in [4.78, 5) is 51.0. The molecule has 3 rings (SSSR count). The summed E-state index contributed by atoms with van der Waals surface area (Å²) in [6, 6.07) is 2.90. The Bertz CT molecular complexity index is 848.